The van der Waals surface area contributed by atoms with E-state index in [1.165, 1.54) is 0 Å². The first-order valence-corrected chi connectivity index (χ1v) is 5.59. The lowest BCUT2D eigenvalue weighted by Crippen LogP contribution is -2.28. The maximum absolute atomic E-state index is 12.2. The number of rotatable bonds is 5. The molecule has 1 aromatic rings. The number of benzene rings is 1. The number of anilines is 2. The van der Waals surface area contributed by atoms with Crippen LogP contribution in [-0.4, -0.2) is 19.3 Å². The third-order valence-electron chi connectivity index (χ3n) is 2.39. The molecule has 0 bridgehead atoms. The second-order valence-corrected chi connectivity index (χ2v) is 3.95. The minimum absolute atomic E-state index is 0.0270. The monoisotopic (exact) mass is 246 g/mol. The van der Waals surface area contributed by atoms with E-state index in [4.69, 9.17) is 5.73 Å². The van der Waals surface area contributed by atoms with E-state index in [2.05, 4.69) is 0 Å². The van der Waals surface area contributed by atoms with Gasteiger partial charge in [-0.3, -0.25) is 0 Å². The maximum Gasteiger partial charge on any atom is 0.390 e. The van der Waals surface area contributed by atoms with Crippen molar-refractivity contribution in [3.8, 4) is 0 Å². The Morgan fingerprint density at radius 1 is 1.24 bits per heavy atom. The molecule has 0 saturated carbocycles. The number of hydrogen-bond donors (Lipinski definition) is 1. The summed E-state index contributed by atoms with van der Waals surface area (Å²) in [5, 5.41) is 0. The predicted octanol–water partition coefficient (Wildman–Crippen LogP) is 3.44. The normalized spacial score (nSPS) is 11.5. The first kappa shape index (κ1) is 13.7. The molecule has 0 saturated heterocycles. The lowest BCUT2D eigenvalue weighted by molar-refractivity contribution is -0.132. The smallest absolute Gasteiger partial charge is 0.390 e. The number of nitrogens with zero attached hydrogens (tertiary/aromatic N) is 1. The highest BCUT2D eigenvalue weighted by Crippen LogP contribution is 2.23. The second-order valence-electron chi connectivity index (χ2n) is 3.95. The SMILES string of the molecule is CCCN(CCC(F)(F)F)c1cccc(N)c1. The number of nitrogen functional groups attached to an aromatic ring is 1. The summed E-state index contributed by atoms with van der Waals surface area (Å²) in [6, 6.07) is 6.95. The standard InChI is InChI=1S/C12H17F3N2/c1-2-7-17(8-6-12(13,14)15)11-5-3-4-10(16)9-11/h3-5,9H,2,6-8,16H2,1H3. The van der Waals surface area contributed by atoms with Crippen molar-refractivity contribution in [2.45, 2.75) is 25.9 Å². The van der Waals surface area contributed by atoms with Crippen molar-refractivity contribution in [3.63, 3.8) is 0 Å². The first-order valence-electron chi connectivity index (χ1n) is 5.59. The van der Waals surface area contributed by atoms with Crippen molar-refractivity contribution < 1.29 is 13.2 Å². The fourth-order valence-electron chi connectivity index (χ4n) is 1.62. The molecule has 0 aromatic heterocycles. The summed E-state index contributed by atoms with van der Waals surface area (Å²) in [6.45, 7) is 2.51. The Kier molecular flexibility index (Phi) is 4.66. The lowest BCUT2D eigenvalue weighted by atomic mass is 10.2. The Morgan fingerprint density at radius 3 is 2.47 bits per heavy atom. The third-order valence-corrected chi connectivity index (χ3v) is 2.39. The minimum Gasteiger partial charge on any atom is -0.399 e. The van der Waals surface area contributed by atoms with E-state index < -0.39 is 12.6 Å². The van der Waals surface area contributed by atoms with E-state index in [9.17, 15) is 13.2 Å². The Hall–Kier alpha value is -1.39. The van der Waals surface area contributed by atoms with Crippen LogP contribution in [0.15, 0.2) is 24.3 Å². The molecular weight excluding hydrogens is 229 g/mol. The van der Waals surface area contributed by atoms with Crippen LogP contribution in [0.2, 0.25) is 0 Å². The van der Waals surface area contributed by atoms with E-state index in [0.29, 0.717) is 12.2 Å². The number of alkyl halides is 3. The maximum atomic E-state index is 12.2. The van der Waals surface area contributed by atoms with Crippen molar-refractivity contribution in [2.24, 2.45) is 0 Å². The molecule has 0 spiro atoms. The van der Waals surface area contributed by atoms with Crippen molar-refractivity contribution in [1.82, 2.24) is 0 Å². The van der Waals surface area contributed by atoms with Gasteiger partial charge in [0.25, 0.3) is 0 Å². The largest absolute Gasteiger partial charge is 0.399 e. The Labute approximate surface area is 99.2 Å². The average molecular weight is 246 g/mol. The van der Waals surface area contributed by atoms with Crippen LogP contribution in [0.3, 0.4) is 0 Å². The van der Waals surface area contributed by atoms with Gasteiger partial charge in [-0.2, -0.15) is 13.2 Å². The molecule has 17 heavy (non-hydrogen) atoms. The molecule has 0 heterocycles. The van der Waals surface area contributed by atoms with Crippen molar-refractivity contribution >= 4 is 11.4 Å². The molecule has 2 N–H and O–H groups in total. The quantitative estimate of drug-likeness (QED) is 0.806. The molecule has 0 radical (unpaired) electrons. The fraction of sp³-hybridized carbons (Fsp3) is 0.500. The molecule has 0 aliphatic rings. The summed E-state index contributed by atoms with van der Waals surface area (Å²) in [5.74, 6) is 0. The number of nitrogens with two attached hydrogens (primary N) is 1. The third kappa shape index (κ3) is 4.97. The zero-order chi connectivity index (χ0) is 12.9. The molecule has 2 nitrogen and oxygen atoms in total. The van der Waals surface area contributed by atoms with E-state index in [0.717, 1.165) is 12.1 Å². The van der Waals surface area contributed by atoms with E-state index >= 15 is 0 Å². The van der Waals surface area contributed by atoms with Gasteiger partial charge in [-0.25, -0.2) is 0 Å². The number of halogens is 3. The Morgan fingerprint density at radius 2 is 1.94 bits per heavy atom. The summed E-state index contributed by atoms with van der Waals surface area (Å²) < 4.78 is 36.6. The van der Waals surface area contributed by atoms with Crippen molar-refractivity contribution in [3.05, 3.63) is 24.3 Å². The van der Waals surface area contributed by atoms with Crippen LogP contribution in [0.25, 0.3) is 0 Å². The molecule has 0 aliphatic heterocycles. The molecule has 0 amide bonds. The average Bonchev–Trinajstić information content (AvgIpc) is 2.23. The minimum atomic E-state index is -4.12. The van der Waals surface area contributed by atoms with E-state index in [1.54, 1.807) is 29.2 Å². The van der Waals surface area contributed by atoms with Crippen LogP contribution in [0.1, 0.15) is 19.8 Å². The molecule has 0 atom stereocenters. The van der Waals surface area contributed by atoms with Crippen LogP contribution in [0, 0.1) is 0 Å². The number of hydrogen-bond acceptors (Lipinski definition) is 2. The zero-order valence-corrected chi connectivity index (χ0v) is 9.80. The van der Waals surface area contributed by atoms with Gasteiger partial charge in [0.05, 0.1) is 6.42 Å². The van der Waals surface area contributed by atoms with Gasteiger partial charge in [0.15, 0.2) is 0 Å². The Bertz CT molecular complexity index is 350. The van der Waals surface area contributed by atoms with Gasteiger partial charge in [-0.1, -0.05) is 13.0 Å². The lowest BCUT2D eigenvalue weighted by Gasteiger charge is -2.25. The highest BCUT2D eigenvalue weighted by atomic mass is 19.4. The molecule has 5 heteroatoms. The molecule has 0 unspecified atom stereocenters. The van der Waals surface area contributed by atoms with Crippen LogP contribution in [-0.2, 0) is 0 Å². The summed E-state index contributed by atoms with van der Waals surface area (Å²) in [4.78, 5) is 1.71. The molecule has 1 rings (SSSR count). The predicted molar refractivity (Wildman–Crippen MR) is 64.0 cm³/mol. The van der Waals surface area contributed by atoms with Crippen LogP contribution in [0.4, 0.5) is 24.5 Å². The highest BCUT2D eigenvalue weighted by molar-refractivity contribution is 5.55. The summed E-state index contributed by atoms with van der Waals surface area (Å²) in [7, 11) is 0. The van der Waals surface area contributed by atoms with Gasteiger partial charge in [-0.15, -0.1) is 0 Å². The van der Waals surface area contributed by atoms with Crippen molar-refractivity contribution in [1.29, 1.82) is 0 Å². The van der Waals surface area contributed by atoms with Gasteiger partial charge in [0.2, 0.25) is 0 Å². The van der Waals surface area contributed by atoms with E-state index in [1.807, 2.05) is 6.92 Å². The van der Waals surface area contributed by atoms with Gasteiger partial charge < -0.3 is 10.6 Å². The van der Waals surface area contributed by atoms with Gasteiger partial charge in [0.1, 0.15) is 0 Å². The van der Waals surface area contributed by atoms with Crippen molar-refractivity contribution in [2.75, 3.05) is 23.7 Å². The fourth-order valence-corrected chi connectivity index (χ4v) is 1.62. The Balaban J connectivity index is 2.71. The topological polar surface area (TPSA) is 29.3 Å². The second kappa shape index (κ2) is 5.80. The molecule has 96 valence electrons. The molecular formula is C12H17F3N2. The summed E-state index contributed by atoms with van der Waals surface area (Å²) in [6.07, 6.45) is -4.12. The summed E-state index contributed by atoms with van der Waals surface area (Å²) >= 11 is 0. The molecule has 1 aromatic carbocycles. The van der Waals surface area contributed by atoms with E-state index in [-0.39, 0.29) is 6.54 Å². The summed E-state index contributed by atoms with van der Waals surface area (Å²) in [5.41, 5.74) is 6.94. The van der Waals surface area contributed by atoms with Gasteiger partial charge >= 0.3 is 6.18 Å². The molecule has 0 aliphatic carbocycles. The van der Waals surface area contributed by atoms with Gasteiger partial charge in [0, 0.05) is 24.5 Å². The van der Waals surface area contributed by atoms with Crippen LogP contribution < -0.4 is 10.6 Å². The zero-order valence-electron chi connectivity index (χ0n) is 9.80. The van der Waals surface area contributed by atoms with Crippen LogP contribution >= 0.6 is 0 Å². The highest BCUT2D eigenvalue weighted by Gasteiger charge is 2.27. The first-order chi connectivity index (χ1) is 7.92. The van der Waals surface area contributed by atoms with Crippen LogP contribution in [0.5, 0.6) is 0 Å². The van der Waals surface area contributed by atoms with Gasteiger partial charge in [-0.05, 0) is 24.6 Å². The molecule has 0 fully saturated rings.